The molecule has 1 amide bonds. The molecule has 0 saturated carbocycles. The molecule has 0 atom stereocenters. The Hall–Kier alpha value is -2.83. The monoisotopic (exact) mass is 353 g/mol. The first-order valence-corrected chi connectivity index (χ1v) is 8.76. The number of benzene rings is 1. The maximum Gasteiger partial charge on any atom is 0.254 e. The average molecular weight is 353 g/mol. The summed E-state index contributed by atoms with van der Waals surface area (Å²) in [7, 11) is 0. The molecule has 7 nitrogen and oxygen atoms in total. The highest BCUT2D eigenvalue weighted by Crippen LogP contribution is 2.18. The van der Waals surface area contributed by atoms with E-state index in [0.29, 0.717) is 29.2 Å². The van der Waals surface area contributed by atoms with Gasteiger partial charge < -0.3 is 9.42 Å². The summed E-state index contributed by atoms with van der Waals surface area (Å²) in [6, 6.07) is 5.40. The number of hydrogen-bond donors (Lipinski definition) is 0. The van der Waals surface area contributed by atoms with Crippen LogP contribution in [0.4, 0.5) is 0 Å². The number of aryl methyl sites for hydroxylation is 3. The molecule has 0 aliphatic rings. The zero-order chi connectivity index (χ0) is 18.8. The Morgan fingerprint density at radius 3 is 2.42 bits per heavy atom. The molecule has 3 rings (SSSR count). The molecular formula is C19H23N5O2. The van der Waals surface area contributed by atoms with E-state index in [0.717, 1.165) is 16.9 Å². The Morgan fingerprint density at radius 1 is 1.12 bits per heavy atom. The van der Waals surface area contributed by atoms with Crippen LogP contribution in [0.25, 0.3) is 11.0 Å². The molecule has 0 bridgehead atoms. The highest BCUT2D eigenvalue weighted by Gasteiger charge is 2.22. The zero-order valence-corrected chi connectivity index (χ0v) is 15.8. The quantitative estimate of drug-likeness (QED) is 0.700. The summed E-state index contributed by atoms with van der Waals surface area (Å²) in [5, 5.41) is 3.90. The number of amides is 1. The summed E-state index contributed by atoms with van der Waals surface area (Å²) < 4.78 is 5.24. The summed E-state index contributed by atoms with van der Waals surface area (Å²) in [5.41, 5.74) is 3.82. The van der Waals surface area contributed by atoms with Crippen LogP contribution >= 0.6 is 0 Å². The first-order valence-electron chi connectivity index (χ1n) is 8.76. The largest absolute Gasteiger partial charge is 0.337 e. The van der Waals surface area contributed by atoms with Crippen LogP contribution in [-0.4, -0.2) is 37.0 Å². The average Bonchev–Trinajstić information content (AvgIpc) is 3.07. The van der Waals surface area contributed by atoms with Gasteiger partial charge in [0.05, 0.1) is 22.4 Å². The zero-order valence-electron chi connectivity index (χ0n) is 15.8. The molecule has 0 saturated heterocycles. The van der Waals surface area contributed by atoms with E-state index in [1.165, 1.54) is 0 Å². The molecule has 0 spiro atoms. The first-order chi connectivity index (χ1) is 12.4. The van der Waals surface area contributed by atoms with Crippen molar-refractivity contribution in [2.75, 3.05) is 0 Å². The summed E-state index contributed by atoms with van der Waals surface area (Å²) in [6.07, 6.45) is 0.696. The SMILES string of the molecule is CCc1noc(CN(C(=O)c2ccc3nc(C)c(C)nc3c2)C(C)C)n1. The second-order valence-corrected chi connectivity index (χ2v) is 6.58. The third kappa shape index (κ3) is 3.56. The van der Waals surface area contributed by atoms with Crippen molar-refractivity contribution in [3.63, 3.8) is 0 Å². The van der Waals surface area contributed by atoms with Gasteiger partial charge in [-0.1, -0.05) is 12.1 Å². The Morgan fingerprint density at radius 2 is 1.81 bits per heavy atom. The molecular weight excluding hydrogens is 330 g/mol. The van der Waals surface area contributed by atoms with Gasteiger partial charge in [-0.2, -0.15) is 4.98 Å². The van der Waals surface area contributed by atoms with Gasteiger partial charge in [0.2, 0.25) is 5.89 Å². The van der Waals surface area contributed by atoms with E-state index in [9.17, 15) is 4.79 Å². The Bertz CT molecular complexity index is 948. The number of nitrogens with zero attached hydrogens (tertiary/aromatic N) is 5. The Balaban J connectivity index is 1.91. The minimum Gasteiger partial charge on any atom is -0.337 e. The van der Waals surface area contributed by atoms with E-state index in [2.05, 4.69) is 20.1 Å². The predicted molar refractivity (Wildman–Crippen MR) is 97.7 cm³/mol. The molecule has 0 radical (unpaired) electrons. The van der Waals surface area contributed by atoms with Gasteiger partial charge in [0.1, 0.15) is 6.54 Å². The van der Waals surface area contributed by atoms with E-state index < -0.39 is 0 Å². The lowest BCUT2D eigenvalue weighted by Gasteiger charge is -2.25. The van der Waals surface area contributed by atoms with E-state index >= 15 is 0 Å². The lowest BCUT2D eigenvalue weighted by atomic mass is 10.1. The van der Waals surface area contributed by atoms with Crippen molar-refractivity contribution in [1.82, 2.24) is 25.0 Å². The van der Waals surface area contributed by atoms with E-state index in [4.69, 9.17) is 4.52 Å². The molecule has 2 heterocycles. The van der Waals surface area contributed by atoms with Crippen LogP contribution in [0.5, 0.6) is 0 Å². The van der Waals surface area contributed by atoms with Crippen LogP contribution in [0.3, 0.4) is 0 Å². The van der Waals surface area contributed by atoms with Crippen molar-refractivity contribution in [3.05, 3.63) is 46.9 Å². The summed E-state index contributed by atoms with van der Waals surface area (Å²) >= 11 is 0. The molecule has 2 aromatic heterocycles. The fourth-order valence-electron chi connectivity index (χ4n) is 2.66. The topological polar surface area (TPSA) is 85.0 Å². The molecule has 0 aliphatic heterocycles. The third-order valence-electron chi connectivity index (χ3n) is 4.34. The van der Waals surface area contributed by atoms with Gasteiger partial charge in [-0.25, -0.2) is 9.97 Å². The van der Waals surface area contributed by atoms with Gasteiger partial charge in [0.25, 0.3) is 5.91 Å². The molecule has 0 aliphatic carbocycles. The van der Waals surface area contributed by atoms with Crippen LogP contribution in [-0.2, 0) is 13.0 Å². The van der Waals surface area contributed by atoms with E-state index in [-0.39, 0.29) is 18.5 Å². The molecule has 26 heavy (non-hydrogen) atoms. The van der Waals surface area contributed by atoms with Gasteiger partial charge in [-0.3, -0.25) is 4.79 Å². The molecule has 0 fully saturated rings. The lowest BCUT2D eigenvalue weighted by Crippen LogP contribution is -2.36. The van der Waals surface area contributed by atoms with Crippen LogP contribution in [0.15, 0.2) is 22.7 Å². The standard InChI is InChI=1S/C19H23N5O2/c1-6-17-22-18(26-23-17)10-24(11(2)3)19(25)14-7-8-15-16(9-14)21-13(5)12(4)20-15/h7-9,11H,6,10H2,1-5H3. The van der Waals surface area contributed by atoms with Crippen LogP contribution in [0.2, 0.25) is 0 Å². The third-order valence-corrected chi connectivity index (χ3v) is 4.34. The molecule has 1 aromatic carbocycles. The van der Waals surface area contributed by atoms with Crippen molar-refractivity contribution >= 4 is 16.9 Å². The summed E-state index contributed by atoms with van der Waals surface area (Å²) in [6.45, 7) is 10.0. The highest BCUT2D eigenvalue weighted by atomic mass is 16.5. The second-order valence-electron chi connectivity index (χ2n) is 6.58. The van der Waals surface area contributed by atoms with Gasteiger partial charge in [-0.15, -0.1) is 0 Å². The number of hydrogen-bond acceptors (Lipinski definition) is 6. The lowest BCUT2D eigenvalue weighted by molar-refractivity contribution is 0.0667. The van der Waals surface area contributed by atoms with Crippen molar-refractivity contribution < 1.29 is 9.32 Å². The number of rotatable bonds is 5. The van der Waals surface area contributed by atoms with Gasteiger partial charge in [0, 0.05) is 18.0 Å². The molecule has 3 aromatic rings. The van der Waals surface area contributed by atoms with Gasteiger partial charge >= 0.3 is 0 Å². The molecule has 0 N–H and O–H groups in total. The minimum absolute atomic E-state index is 0.0130. The fraction of sp³-hybridized carbons (Fsp3) is 0.421. The number of fused-ring (bicyclic) bond motifs is 1. The fourth-order valence-corrected chi connectivity index (χ4v) is 2.66. The second kappa shape index (κ2) is 7.19. The Kier molecular flexibility index (Phi) is 4.97. The van der Waals surface area contributed by atoms with Gasteiger partial charge in [0.15, 0.2) is 5.82 Å². The number of carbonyl (C=O) groups excluding carboxylic acids is 1. The normalized spacial score (nSPS) is 11.3. The van der Waals surface area contributed by atoms with Crippen molar-refractivity contribution in [2.45, 2.75) is 53.6 Å². The summed E-state index contributed by atoms with van der Waals surface area (Å²) in [4.78, 5) is 28.1. The predicted octanol–water partition coefficient (Wildman–Crippen LogP) is 3.24. The first kappa shape index (κ1) is 18.0. The smallest absolute Gasteiger partial charge is 0.254 e. The van der Waals surface area contributed by atoms with Crippen LogP contribution in [0, 0.1) is 13.8 Å². The summed E-state index contributed by atoms with van der Waals surface area (Å²) in [5.74, 6) is 0.983. The van der Waals surface area contributed by atoms with Crippen LogP contribution < -0.4 is 0 Å². The Labute approximate surface area is 152 Å². The molecule has 7 heteroatoms. The van der Waals surface area contributed by atoms with Crippen molar-refractivity contribution in [2.24, 2.45) is 0 Å². The van der Waals surface area contributed by atoms with Crippen molar-refractivity contribution in [3.8, 4) is 0 Å². The molecule has 0 unspecified atom stereocenters. The highest BCUT2D eigenvalue weighted by molar-refractivity contribution is 5.97. The number of carbonyl (C=O) groups is 1. The minimum atomic E-state index is -0.0989. The van der Waals surface area contributed by atoms with Gasteiger partial charge in [-0.05, 0) is 45.9 Å². The molecule has 136 valence electrons. The maximum atomic E-state index is 13.1. The number of aromatic nitrogens is 4. The van der Waals surface area contributed by atoms with E-state index in [1.54, 1.807) is 17.0 Å². The maximum absolute atomic E-state index is 13.1. The van der Waals surface area contributed by atoms with E-state index in [1.807, 2.05) is 40.7 Å². The van der Waals surface area contributed by atoms with Crippen LogP contribution in [0.1, 0.15) is 54.2 Å². The van der Waals surface area contributed by atoms with Crippen molar-refractivity contribution in [1.29, 1.82) is 0 Å².